The van der Waals surface area contributed by atoms with Gasteiger partial charge in [-0.1, -0.05) is 32.9 Å². The summed E-state index contributed by atoms with van der Waals surface area (Å²) in [6.45, 7) is 7.45. The van der Waals surface area contributed by atoms with Crippen molar-refractivity contribution >= 4 is 0 Å². The van der Waals surface area contributed by atoms with Crippen LogP contribution in [0.3, 0.4) is 0 Å². The highest BCUT2D eigenvalue weighted by Gasteiger charge is 2.40. The molecule has 1 heterocycles. The molecule has 94 valence electrons. The van der Waals surface area contributed by atoms with Crippen molar-refractivity contribution in [3.8, 4) is 5.75 Å². The summed E-state index contributed by atoms with van der Waals surface area (Å²) < 4.78 is 10.9. The maximum atomic E-state index is 9.28. The van der Waals surface area contributed by atoms with Gasteiger partial charge in [0.15, 0.2) is 5.60 Å². The van der Waals surface area contributed by atoms with Gasteiger partial charge in [-0.3, -0.25) is 0 Å². The predicted molar refractivity (Wildman–Crippen MR) is 66.4 cm³/mol. The molecule has 2 rings (SSSR count). The minimum absolute atomic E-state index is 0.00593. The molecule has 0 bridgehead atoms. The summed E-state index contributed by atoms with van der Waals surface area (Å²) in [7, 11) is 0. The number of benzene rings is 1. The second-order valence-electron chi connectivity index (χ2n) is 5.71. The highest BCUT2D eigenvalue weighted by molar-refractivity contribution is 5.31. The average Bonchev–Trinajstić information content (AvgIpc) is 2.23. The van der Waals surface area contributed by atoms with Gasteiger partial charge in [0.05, 0.1) is 19.8 Å². The molecule has 0 saturated carbocycles. The molecule has 0 aliphatic carbocycles. The summed E-state index contributed by atoms with van der Waals surface area (Å²) in [5.74, 6) is 0.787. The van der Waals surface area contributed by atoms with Crippen molar-refractivity contribution in [2.75, 3.05) is 19.8 Å². The highest BCUT2D eigenvalue weighted by atomic mass is 16.6. The first kappa shape index (κ1) is 12.4. The molecule has 0 atom stereocenters. The first-order valence-corrected chi connectivity index (χ1v) is 5.93. The van der Waals surface area contributed by atoms with E-state index in [2.05, 4.69) is 32.9 Å². The fraction of sp³-hybridized carbons (Fsp3) is 0.571. The van der Waals surface area contributed by atoms with Crippen LogP contribution < -0.4 is 4.74 Å². The maximum absolute atomic E-state index is 9.28. The topological polar surface area (TPSA) is 38.7 Å². The molecule has 1 fully saturated rings. The number of aliphatic hydroxyl groups excluding tert-OH is 1. The Morgan fingerprint density at radius 1 is 1.24 bits per heavy atom. The van der Waals surface area contributed by atoms with Crippen molar-refractivity contribution in [3.05, 3.63) is 29.8 Å². The van der Waals surface area contributed by atoms with Crippen molar-refractivity contribution < 1.29 is 14.6 Å². The SMILES string of the molecule is CC(C)(C)c1ccc(OC2(CO)COC2)cc1. The van der Waals surface area contributed by atoms with Crippen LogP contribution in [0.5, 0.6) is 5.75 Å². The van der Waals surface area contributed by atoms with E-state index < -0.39 is 5.60 Å². The summed E-state index contributed by atoms with van der Waals surface area (Å²) in [4.78, 5) is 0. The Balaban J connectivity index is 2.08. The first-order valence-electron chi connectivity index (χ1n) is 5.93. The van der Waals surface area contributed by atoms with Crippen LogP contribution in [0.15, 0.2) is 24.3 Å². The number of rotatable bonds is 3. The van der Waals surface area contributed by atoms with Crippen molar-refractivity contribution in [3.63, 3.8) is 0 Å². The maximum Gasteiger partial charge on any atom is 0.178 e. The largest absolute Gasteiger partial charge is 0.480 e. The number of hydrogen-bond acceptors (Lipinski definition) is 3. The van der Waals surface area contributed by atoms with E-state index in [1.165, 1.54) is 5.56 Å². The Hall–Kier alpha value is -1.06. The second kappa shape index (κ2) is 4.31. The molecule has 1 aromatic carbocycles. The van der Waals surface area contributed by atoms with E-state index in [0.717, 1.165) is 5.75 Å². The average molecular weight is 236 g/mol. The second-order valence-corrected chi connectivity index (χ2v) is 5.71. The quantitative estimate of drug-likeness (QED) is 0.873. The lowest BCUT2D eigenvalue weighted by atomic mass is 9.87. The molecule has 0 spiro atoms. The van der Waals surface area contributed by atoms with Gasteiger partial charge < -0.3 is 14.6 Å². The smallest absolute Gasteiger partial charge is 0.178 e. The number of hydrogen-bond donors (Lipinski definition) is 1. The van der Waals surface area contributed by atoms with E-state index >= 15 is 0 Å². The van der Waals surface area contributed by atoms with Crippen LogP contribution in [0.1, 0.15) is 26.3 Å². The van der Waals surface area contributed by atoms with Gasteiger partial charge >= 0.3 is 0 Å². The molecule has 1 N–H and O–H groups in total. The molecule has 0 aromatic heterocycles. The number of aliphatic hydroxyl groups is 1. The Kier molecular flexibility index (Phi) is 3.15. The van der Waals surface area contributed by atoms with Crippen molar-refractivity contribution in [1.82, 2.24) is 0 Å². The molecule has 1 aromatic rings. The zero-order valence-corrected chi connectivity index (χ0v) is 10.7. The summed E-state index contributed by atoms with van der Waals surface area (Å²) in [5.41, 5.74) is 0.892. The van der Waals surface area contributed by atoms with Gasteiger partial charge in [0.1, 0.15) is 5.75 Å². The monoisotopic (exact) mass is 236 g/mol. The van der Waals surface area contributed by atoms with E-state index in [0.29, 0.717) is 13.2 Å². The molecule has 1 aliphatic rings. The summed E-state index contributed by atoms with van der Waals surface area (Å²) >= 11 is 0. The molecule has 0 amide bonds. The fourth-order valence-electron chi connectivity index (χ4n) is 1.79. The molecule has 17 heavy (non-hydrogen) atoms. The third-order valence-electron chi connectivity index (χ3n) is 3.07. The molecule has 3 heteroatoms. The first-order chi connectivity index (χ1) is 7.95. The van der Waals surface area contributed by atoms with Gasteiger partial charge in [0.2, 0.25) is 0 Å². The van der Waals surface area contributed by atoms with Crippen LogP contribution >= 0.6 is 0 Å². The van der Waals surface area contributed by atoms with Gasteiger partial charge in [-0.15, -0.1) is 0 Å². The lowest BCUT2D eigenvalue weighted by molar-refractivity contribution is -0.180. The Labute approximate surface area is 102 Å². The van der Waals surface area contributed by atoms with E-state index in [1.54, 1.807) is 0 Å². The van der Waals surface area contributed by atoms with Gasteiger partial charge in [-0.05, 0) is 23.1 Å². The van der Waals surface area contributed by atoms with Crippen LogP contribution in [0.4, 0.5) is 0 Å². The lowest BCUT2D eigenvalue weighted by Gasteiger charge is -2.39. The van der Waals surface area contributed by atoms with Gasteiger partial charge in [0.25, 0.3) is 0 Å². The summed E-state index contributed by atoms with van der Waals surface area (Å²) in [6.07, 6.45) is 0. The van der Waals surface area contributed by atoms with Crippen molar-refractivity contribution in [2.45, 2.75) is 31.8 Å². The highest BCUT2D eigenvalue weighted by Crippen LogP contribution is 2.28. The van der Waals surface area contributed by atoms with Gasteiger partial charge in [-0.25, -0.2) is 0 Å². The Morgan fingerprint density at radius 2 is 1.82 bits per heavy atom. The van der Waals surface area contributed by atoms with Crippen LogP contribution in [0.2, 0.25) is 0 Å². The fourth-order valence-corrected chi connectivity index (χ4v) is 1.79. The van der Waals surface area contributed by atoms with Gasteiger partial charge in [0, 0.05) is 0 Å². The van der Waals surface area contributed by atoms with Crippen LogP contribution in [-0.2, 0) is 10.2 Å². The summed E-state index contributed by atoms with van der Waals surface area (Å²) in [5, 5.41) is 9.28. The minimum Gasteiger partial charge on any atom is -0.480 e. The molecule has 1 saturated heterocycles. The third-order valence-corrected chi connectivity index (χ3v) is 3.07. The molecule has 3 nitrogen and oxygen atoms in total. The van der Waals surface area contributed by atoms with Crippen LogP contribution in [0, 0.1) is 0 Å². The van der Waals surface area contributed by atoms with Crippen LogP contribution in [-0.4, -0.2) is 30.5 Å². The predicted octanol–water partition coefficient (Wildman–Crippen LogP) is 2.12. The number of ether oxygens (including phenoxy) is 2. The Morgan fingerprint density at radius 3 is 2.18 bits per heavy atom. The van der Waals surface area contributed by atoms with E-state index in [-0.39, 0.29) is 12.0 Å². The van der Waals surface area contributed by atoms with Crippen LogP contribution in [0.25, 0.3) is 0 Å². The Bertz CT molecular complexity index is 366. The standard InChI is InChI=1S/C14H20O3/c1-13(2,3)11-4-6-12(7-5-11)17-14(8-15)9-16-10-14/h4-7,15H,8-10H2,1-3H3. The van der Waals surface area contributed by atoms with E-state index in [1.807, 2.05) is 12.1 Å². The molecule has 0 radical (unpaired) electrons. The molecule has 1 aliphatic heterocycles. The third kappa shape index (κ3) is 2.61. The molecular formula is C14H20O3. The lowest BCUT2D eigenvalue weighted by Crippen LogP contribution is -2.57. The van der Waals surface area contributed by atoms with Crippen molar-refractivity contribution in [1.29, 1.82) is 0 Å². The summed E-state index contributed by atoms with van der Waals surface area (Å²) in [6, 6.07) is 8.05. The zero-order valence-electron chi connectivity index (χ0n) is 10.7. The van der Waals surface area contributed by atoms with E-state index in [4.69, 9.17) is 9.47 Å². The molecular weight excluding hydrogens is 216 g/mol. The normalized spacial score (nSPS) is 18.6. The van der Waals surface area contributed by atoms with E-state index in [9.17, 15) is 5.11 Å². The van der Waals surface area contributed by atoms with Crippen molar-refractivity contribution in [2.24, 2.45) is 0 Å². The molecule has 0 unspecified atom stereocenters. The zero-order chi connectivity index (χ0) is 12.5. The van der Waals surface area contributed by atoms with Gasteiger partial charge in [-0.2, -0.15) is 0 Å². The minimum atomic E-state index is -0.525.